The Morgan fingerprint density at radius 1 is 1.39 bits per heavy atom. The molecule has 1 amide bonds. The van der Waals surface area contributed by atoms with Crippen LogP contribution in [0.15, 0.2) is 18.2 Å². The molecule has 0 spiro atoms. The predicted molar refractivity (Wildman–Crippen MR) is 73.9 cm³/mol. The smallest absolute Gasteiger partial charge is 0.269 e. The van der Waals surface area contributed by atoms with Gasteiger partial charge in [-0.15, -0.1) is 0 Å². The van der Waals surface area contributed by atoms with Crippen molar-refractivity contribution in [3.63, 3.8) is 0 Å². The Balaban J connectivity index is 2.43. The highest BCUT2D eigenvalue weighted by atomic mass is 16.1. The molecule has 2 N–H and O–H groups in total. The predicted octanol–water partition coefficient (Wildman–Crippen LogP) is 1.19. The minimum Gasteiger partial charge on any atom is -0.370 e. The molecule has 1 aromatic rings. The Morgan fingerprint density at radius 3 is 2.83 bits per heavy atom. The van der Waals surface area contributed by atoms with E-state index >= 15 is 0 Å². The first-order chi connectivity index (χ1) is 8.63. The molecule has 0 unspecified atom stereocenters. The van der Waals surface area contributed by atoms with Gasteiger partial charge in [-0.25, -0.2) is 4.98 Å². The fraction of sp³-hybridized carbons (Fsp3) is 0.538. The summed E-state index contributed by atoms with van der Waals surface area (Å²) in [7, 11) is 4.03. The maximum atomic E-state index is 11.8. The average Bonchev–Trinajstić information content (AvgIpc) is 2.35. The van der Waals surface area contributed by atoms with Gasteiger partial charge in [0, 0.05) is 13.1 Å². The Bertz CT molecular complexity index is 379. The van der Waals surface area contributed by atoms with Crippen molar-refractivity contribution in [2.24, 2.45) is 0 Å². The molecule has 5 heteroatoms. The second-order valence-corrected chi connectivity index (χ2v) is 4.35. The normalized spacial score (nSPS) is 10.4. The zero-order valence-corrected chi connectivity index (χ0v) is 11.4. The lowest BCUT2D eigenvalue weighted by Crippen LogP contribution is -2.27. The average molecular weight is 250 g/mol. The van der Waals surface area contributed by atoms with E-state index < -0.39 is 0 Å². The SMILES string of the molecule is CCNc1cccc(C(=O)NCCCN(C)C)n1. The van der Waals surface area contributed by atoms with E-state index in [2.05, 4.69) is 20.5 Å². The van der Waals surface area contributed by atoms with Gasteiger partial charge < -0.3 is 15.5 Å². The lowest BCUT2D eigenvalue weighted by atomic mass is 10.3. The van der Waals surface area contributed by atoms with Crippen LogP contribution in [0.4, 0.5) is 5.82 Å². The van der Waals surface area contributed by atoms with Crippen LogP contribution in [0, 0.1) is 0 Å². The minimum absolute atomic E-state index is 0.117. The van der Waals surface area contributed by atoms with E-state index in [1.807, 2.05) is 33.2 Å². The van der Waals surface area contributed by atoms with Gasteiger partial charge in [-0.1, -0.05) is 6.07 Å². The summed E-state index contributed by atoms with van der Waals surface area (Å²) in [5.74, 6) is 0.618. The molecule has 100 valence electrons. The van der Waals surface area contributed by atoms with E-state index in [4.69, 9.17) is 0 Å². The molecule has 1 heterocycles. The quantitative estimate of drug-likeness (QED) is 0.714. The molecule has 0 aliphatic carbocycles. The number of rotatable bonds is 7. The third kappa shape index (κ3) is 5.14. The Morgan fingerprint density at radius 2 is 2.17 bits per heavy atom. The number of nitrogens with zero attached hydrogens (tertiary/aromatic N) is 2. The highest BCUT2D eigenvalue weighted by Gasteiger charge is 2.06. The summed E-state index contributed by atoms with van der Waals surface area (Å²) in [5, 5.41) is 5.95. The molecule has 18 heavy (non-hydrogen) atoms. The van der Waals surface area contributed by atoms with Crippen molar-refractivity contribution >= 4 is 11.7 Å². The second-order valence-electron chi connectivity index (χ2n) is 4.35. The molecule has 1 rings (SSSR count). The van der Waals surface area contributed by atoms with Crippen molar-refractivity contribution in [1.29, 1.82) is 0 Å². The van der Waals surface area contributed by atoms with Crippen LogP contribution in [0.2, 0.25) is 0 Å². The summed E-state index contributed by atoms with van der Waals surface area (Å²) in [6.45, 7) is 4.42. The van der Waals surface area contributed by atoms with E-state index in [0.717, 1.165) is 25.3 Å². The van der Waals surface area contributed by atoms with Gasteiger partial charge in [0.1, 0.15) is 11.5 Å². The molecule has 0 saturated heterocycles. The Kier molecular flexibility index (Phi) is 6.14. The molecule has 0 aliphatic rings. The number of amides is 1. The third-order valence-corrected chi connectivity index (χ3v) is 2.41. The van der Waals surface area contributed by atoms with Gasteiger partial charge >= 0.3 is 0 Å². The van der Waals surface area contributed by atoms with Crippen LogP contribution >= 0.6 is 0 Å². The molecule has 0 bridgehead atoms. The van der Waals surface area contributed by atoms with Gasteiger partial charge in [0.25, 0.3) is 5.91 Å². The van der Waals surface area contributed by atoms with Crippen molar-refractivity contribution in [3.05, 3.63) is 23.9 Å². The first-order valence-electron chi connectivity index (χ1n) is 6.27. The van der Waals surface area contributed by atoms with E-state index in [-0.39, 0.29) is 5.91 Å². The van der Waals surface area contributed by atoms with Crippen molar-refractivity contribution in [2.75, 3.05) is 39.0 Å². The van der Waals surface area contributed by atoms with E-state index in [1.54, 1.807) is 6.07 Å². The number of anilines is 1. The van der Waals surface area contributed by atoms with Gasteiger partial charge in [-0.05, 0) is 46.1 Å². The molecule has 1 aromatic heterocycles. The zero-order chi connectivity index (χ0) is 13.4. The van der Waals surface area contributed by atoms with Gasteiger partial charge in [0.05, 0.1) is 0 Å². The minimum atomic E-state index is -0.117. The van der Waals surface area contributed by atoms with E-state index in [9.17, 15) is 4.79 Å². The summed E-state index contributed by atoms with van der Waals surface area (Å²) >= 11 is 0. The van der Waals surface area contributed by atoms with Crippen LogP contribution in [0.5, 0.6) is 0 Å². The summed E-state index contributed by atoms with van der Waals surface area (Å²) in [5.41, 5.74) is 0.457. The van der Waals surface area contributed by atoms with Crippen molar-refractivity contribution in [2.45, 2.75) is 13.3 Å². The third-order valence-electron chi connectivity index (χ3n) is 2.41. The van der Waals surface area contributed by atoms with Crippen LogP contribution in [-0.2, 0) is 0 Å². The van der Waals surface area contributed by atoms with Crippen molar-refractivity contribution in [1.82, 2.24) is 15.2 Å². The summed E-state index contributed by atoms with van der Waals surface area (Å²) in [6, 6.07) is 5.41. The highest BCUT2D eigenvalue weighted by molar-refractivity contribution is 5.92. The van der Waals surface area contributed by atoms with Crippen molar-refractivity contribution < 1.29 is 4.79 Å². The van der Waals surface area contributed by atoms with E-state index in [1.165, 1.54) is 0 Å². The Labute approximate surface area is 109 Å². The monoisotopic (exact) mass is 250 g/mol. The van der Waals surface area contributed by atoms with Crippen molar-refractivity contribution in [3.8, 4) is 0 Å². The first-order valence-corrected chi connectivity index (χ1v) is 6.27. The molecular formula is C13H22N4O. The standard InChI is InChI=1S/C13H22N4O/c1-4-14-12-8-5-7-11(16-12)13(18)15-9-6-10-17(2)3/h5,7-8H,4,6,9-10H2,1-3H3,(H,14,16)(H,15,18). The highest BCUT2D eigenvalue weighted by Crippen LogP contribution is 2.04. The maximum absolute atomic E-state index is 11.8. The summed E-state index contributed by atoms with van der Waals surface area (Å²) in [4.78, 5) is 18.2. The van der Waals surface area contributed by atoms with Crippen LogP contribution in [0.1, 0.15) is 23.8 Å². The van der Waals surface area contributed by atoms with Gasteiger partial charge in [-0.3, -0.25) is 4.79 Å². The fourth-order valence-corrected chi connectivity index (χ4v) is 1.53. The number of aromatic nitrogens is 1. The molecule has 0 atom stereocenters. The lowest BCUT2D eigenvalue weighted by Gasteiger charge is -2.10. The Hall–Kier alpha value is -1.62. The summed E-state index contributed by atoms with van der Waals surface area (Å²) in [6.07, 6.45) is 0.936. The summed E-state index contributed by atoms with van der Waals surface area (Å²) < 4.78 is 0. The fourth-order valence-electron chi connectivity index (χ4n) is 1.53. The molecule has 0 fully saturated rings. The number of hydrogen-bond acceptors (Lipinski definition) is 4. The topological polar surface area (TPSA) is 57.3 Å². The first kappa shape index (κ1) is 14.4. The molecular weight excluding hydrogens is 228 g/mol. The molecule has 5 nitrogen and oxygen atoms in total. The van der Waals surface area contributed by atoms with Gasteiger partial charge in [-0.2, -0.15) is 0 Å². The molecule has 0 aliphatic heterocycles. The maximum Gasteiger partial charge on any atom is 0.269 e. The number of carbonyl (C=O) groups excluding carboxylic acids is 1. The number of hydrogen-bond donors (Lipinski definition) is 2. The van der Waals surface area contributed by atoms with Gasteiger partial charge in [0.2, 0.25) is 0 Å². The molecule has 0 saturated carbocycles. The van der Waals surface area contributed by atoms with Crippen LogP contribution in [-0.4, -0.2) is 49.5 Å². The van der Waals surface area contributed by atoms with E-state index in [0.29, 0.717) is 12.2 Å². The number of carbonyl (C=O) groups is 1. The number of pyridine rings is 1. The van der Waals surface area contributed by atoms with Crippen LogP contribution in [0.3, 0.4) is 0 Å². The largest absolute Gasteiger partial charge is 0.370 e. The lowest BCUT2D eigenvalue weighted by molar-refractivity contribution is 0.0947. The number of nitrogens with one attached hydrogen (secondary N) is 2. The van der Waals surface area contributed by atoms with Crippen LogP contribution < -0.4 is 10.6 Å². The molecule has 0 radical (unpaired) electrons. The van der Waals surface area contributed by atoms with Crippen LogP contribution in [0.25, 0.3) is 0 Å². The van der Waals surface area contributed by atoms with Gasteiger partial charge in [0.15, 0.2) is 0 Å². The zero-order valence-electron chi connectivity index (χ0n) is 11.4. The molecule has 0 aromatic carbocycles. The second kappa shape index (κ2) is 7.66.